The first kappa shape index (κ1) is 15.2. The molecule has 1 saturated carbocycles. The Morgan fingerprint density at radius 1 is 1.32 bits per heavy atom. The number of nitrogens with zero attached hydrogens (tertiary/aromatic N) is 1. The maximum atomic E-state index is 12.5. The number of aliphatic imine (C=N–C) groups is 1. The first-order valence-corrected chi connectivity index (χ1v) is 6.95. The van der Waals surface area contributed by atoms with Crippen LogP contribution in [0.15, 0.2) is 29.3 Å². The van der Waals surface area contributed by atoms with E-state index in [-0.39, 0.29) is 12.3 Å². The Morgan fingerprint density at radius 2 is 1.95 bits per heavy atom. The molecule has 4 nitrogen and oxygen atoms in total. The lowest BCUT2D eigenvalue weighted by molar-refractivity contribution is -0.137. The van der Waals surface area contributed by atoms with Crippen LogP contribution in [0.1, 0.15) is 24.0 Å². The van der Waals surface area contributed by atoms with Gasteiger partial charge in [0.15, 0.2) is 5.78 Å². The summed E-state index contributed by atoms with van der Waals surface area (Å²) in [5, 5.41) is 0. The Labute approximate surface area is 125 Å². The number of rotatable bonds is 2. The third kappa shape index (κ3) is 2.78. The van der Waals surface area contributed by atoms with Gasteiger partial charge in [0.25, 0.3) is 0 Å². The number of ketones is 1. The summed E-state index contributed by atoms with van der Waals surface area (Å²) in [5.41, 5.74) is 5.80. The normalized spacial score (nSPS) is 30.1. The van der Waals surface area contributed by atoms with E-state index in [2.05, 4.69) is 4.99 Å². The van der Waals surface area contributed by atoms with Crippen LogP contribution in [0.2, 0.25) is 0 Å². The topological polar surface area (TPSA) is 68.0 Å². The Hall–Kier alpha value is -1.73. The number of carbonyl (C=O) groups excluding carboxylic acids is 1. The lowest BCUT2D eigenvalue weighted by Gasteiger charge is -2.25. The molecule has 2 aliphatic rings. The molecular weight excluding hydrogens is 297 g/mol. The van der Waals surface area contributed by atoms with Gasteiger partial charge in [0, 0.05) is 6.42 Å². The van der Waals surface area contributed by atoms with Crippen molar-refractivity contribution in [3.63, 3.8) is 0 Å². The molecule has 0 bridgehead atoms. The van der Waals surface area contributed by atoms with Gasteiger partial charge in [0.2, 0.25) is 0 Å². The molecule has 1 aliphatic carbocycles. The number of hydrogen-bond acceptors (Lipinski definition) is 4. The standard InChI is InChI=1S/C15H15F3N2O2/c16-15(17,18)10-3-1-9(2-4-10)7-20-13-12(19)11(21)5-6-14(13)8-22-14/h1-4,12H,5-8,19H2. The van der Waals surface area contributed by atoms with Crippen LogP contribution in [0, 0.1) is 0 Å². The summed E-state index contributed by atoms with van der Waals surface area (Å²) in [6.07, 6.45) is -3.40. The molecule has 1 aromatic rings. The first-order valence-electron chi connectivity index (χ1n) is 6.95. The van der Waals surface area contributed by atoms with E-state index in [9.17, 15) is 18.0 Å². The van der Waals surface area contributed by atoms with Gasteiger partial charge in [-0.05, 0) is 24.1 Å². The fourth-order valence-corrected chi connectivity index (χ4v) is 2.64. The molecule has 2 N–H and O–H groups in total. The van der Waals surface area contributed by atoms with E-state index in [1.807, 2.05) is 0 Å². The maximum Gasteiger partial charge on any atom is 0.416 e. The van der Waals surface area contributed by atoms with E-state index < -0.39 is 23.4 Å². The largest absolute Gasteiger partial charge is 0.416 e. The van der Waals surface area contributed by atoms with Crippen molar-refractivity contribution < 1.29 is 22.7 Å². The number of halogens is 3. The van der Waals surface area contributed by atoms with Gasteiger partial charge in [0.1, 0.15) is 11.6 Å². The van der Waals surface area contributed by atoms with E-state index in [0.717, 1.165) is 12.1 Å². The fourth-order valence-electron chi connectivity index (χ4n) is 2.64. The third-order valence-corrected chi connectivity index (χ3v) is 4.09. The molecule has 2 unspecified atom stereocenters. The number of nitrogens with two attached hydrogens (primary N) is 1. The molecule has 7 heteroatoms. The zero-order valence-corrected chi connectivity index (χ0v) is 11.7. The SMILES string of the molecule is NC1C(=O)CCC2(CO2)C1=NCc1ccc(C(F)(F)F)cc1. The van der Waals surface area contributed by atoms with E-state index in [1.54, 1.807) is 0 Å². The van der Waals surface area contributed by atoms with Gasteiger partial charge >= 0.3 is 6.18 Å². The zero-order valence-electron chi connectivity index (χ0n) is 11.7. The molecule has 22 heavy (non-hydrogen) atoms. The Bertz CT molecular complexity index is 619. The molecule has 1 aliphatic heterocycles. The maximum absolute atomic E-state index is 12.5. The molecular formula is C15H15F3N2O2. The van der Waals surface area contributed by atoms with Crippen molar-refractivity contribution in [2.75, 3.05) is 6.61 Å². The Morgan fingerprint density at radius 3 is 2.50 bits per heavy atom. The number of epoxide rings is 1. The molecule has 0 amide bonds. The van der Waals surface area contributed by atoms with Gasteiger partial charge in [-0.15, -0.1) is 0 Å². The quantitative estimate of drug-likeness (QED) is 0.850. The third-order valence-electron chi connectivity index (χ3n) is 4.09. The molecule has 0 aromatic heterocycles. The van der Waals surface area contributed by atoms with Gasteiger partial charge in [-0.3, -0.25) is 9.79 Å². The van der Waals surface area contributed by atoms with Crippen LogP contribution >= 0.6 is 0 Å². The number of Topliss-reactive ketones (excluding diaryl/α,β-unsaturated/α-hetero) is 1. The monoisotopic (exact) mass is 312 g/mol. The van der Waals surface area contributed by atoms with Crippen molar-refractivity contribution in [3.05, 3.63) is 35.4 Å². The lowest BCUT2D eigenvalue weighted by Crippen LogP contribution is -2.50. The summed E-state index contributed by atoms with van der Waals surface area (Å²) in [7, 11) is 0. The summed E-state index contributed by atoms with van der Waals surface area (Å²) in [6, 6.07) is 4.02. The molecule has 2 atom stereocenters. The predicted molar refractivity (Wildman–Crippen MR) is 73.5 cm³/mol. The van der Waals surface area contributed by atoms with Crippen molar-refractivity contribution in [1.29, 1.82) is 0 Å². The van der Waals surface area contributed by atoms with Crippen LogP contribution < -0.4 is 5.73 Å². The second kappa shape index (κ2) is 5.17. The van der Waals surface area contributed by atoms with Gasteiger partial charge in [-0.2, -0.15) is 13.2 Å². The molecule has 1 saturated heterocycles. The molecule has 2 fully saturated rings. The summed E-state index contributed by atoms with van der Waals surface area (Å²) in [5.74, 6) is -0.0766. The van der Waals surface area contributed by atoms with Gasteiger partial charge in [-0.1, -0.05) is 12.1 Å². The number of ether oxygens (including phenoxy) is 1. The van der Waals surface area contributed by atoms with Crippen molar-refractivity contribution in [3.8, 4) is 0 Å². The fraction of sp³-hybridized carbons (Fsp3) is 0.467. The van der Waals surface area contributed by atoms with Crippen LogP contribution in [0.4, 0.5) is 13.2 Å². The molecule has 1 heterocycles. The van der Waals surface area contributed by atoms with Crippen molar-refractivity contribution in [2.45, 2.75) is 37.2 Å². The summed E-state index contributed by atoms with van der Waals surface area (Å²) in [4.78, 5) is 16.1. The summed E-state index contributed by atoms with van der Waals surface area (Å²) < 4.78 is 42.9. The van der Waals surface area contributed by atoms with Crippen LogP contribution in [0.25, 0.3) is 0 Å². The average molecular weight is 312 g/mol. The smallest absolute Gasteiger partial charge is 0.363 e. The average Bonchev–Trinajstić information content (AvgIpc) is 3.24. The number of alkyl halides is 3. The zero-order chi connectivity index (χ0) is 16.0. The van der Waals surface area contributed by atoms with Crippen LogP contribution in [-0.2, 0) is 22.3 Å². The highest BCUT2D eigenvalue weighted by molar-refractivity contribution is 6.15. The van der Waals surface area contributed by atoms with Gasteiger partial charge in [0.05, 0.1) is 24.4 Å². The molecule has 1 spiro atoms. The number of hydrogen-bond donors (Lipinski definition) is 1. The first-order chi connectivity index (χ1) is 10.3. The van der Waals surface area contributed by atoms with Gasteiger partial charge < -0.3 is 10.5 Å². The van der Waals surface area contributed by atoms with Crippen LogP contribution in [0.5, 0.6) is 0 Å². The van der Waals surface area contributed by atoms with Crippen LogP contribution in [0.3, 0.4) is 0 Å². The predicted octanol–water partition coefficient (Wildman–Crippen LogP) is 2.11. The van der Waals surface area contributed by atoms with Crippen LogP contribution in [-0.4, -0.2) is 29.7 Å². The second-order valence-corrected chi connectivity index (χ2v) is 5.62. The molecule has 3 rings (SSSR count). The highest BCUT2D eigenvalue weighted by Crippen LogP contribution is 2.38. The summed E-state index contributed by atoms with van der Waals surface area (Å²) >= 11 is 0. The highest BCUT2D eigenvalue weighted by Gasteiger charge is 2.55. The Kier molecular flexibility index (Phi) is 3.57. The minimum Gasteiger partial charge on any atom is -0.363 e. The Balaban J connectivity index is 1.77. The lowest BCUT2D eigenvalue weighted by atomic mass is 9.83. The van der Waals surface area contributed by atoms with Crippen molar-refractivity contribution >= 4 is 11.5 Å². The van der Waals surface area contributed by atoms with Gasteiger partial charge in [-0.25, -0.2) is 0 Å². The minimum absolute atomic E-state index is 0.0766. The van der Waals surface area contributed by atoms with E-state index in [1.165, 1.54) is 12.1 Å². The number of carbonyl (C=O) groups is 1. The minimum atomic E-state index is -4.35. The van der Waals surface area contributed by atoms with E-state index in [4.69, 9.17) is 10.5 Å². The van der Waals surface area contributed by atoms with Crippen molar-refractivity contribution in [2.24, 2.45) is 10.7 Å². The number of benzene rings is 1. The second-order valence-electron chi connectivity index (χ2n) is 5.62. The molecule has 0 radical (unpaired) electrons. The summed E-state index contributed by atoms with van der Waals surface area (Å²) in [6.45, 7) is 0.680. The highest BCUT2D eigenvalue weighted by atomic mass is 19.4. The van der Waals surface area contributed by atoms with E-state index >= 15 is 0 Å². The van der Waals surface area contributed by atoms with E-state index in [0.29, 0.717) is 30.7 Å². The van der Waals surface area contributed by atoms with Crippen molar-refractivity contribution in [1.82, 2.24) is 0 Å². The molecule has 1 aromatic carbocycles. The molecule has 118 valence electrons.